The number of benzene rings is 4. The Balaban J connectivity index is 1.05. The number of likely N-dealkylation sites (tertiary alicyclic amines) is 2. The number of rotatable bonds is 22. The number of carbonyl (C=O) groups is 4. The van der Waals surface area contributed by atoms with Gasteiger partial charge in [-0.2, -0.15) is 0 Å². The van der Waals surface area contributed by atoms with Crippen molar-refractivity contribution in [3.8, 4) is 11.5 Å². The molecule has 18 heteroatoms. The van der Waals surface area contributed by atoms with Gasteiger partial charge in [0, 0.05) is 88.4 Å². The zero-order valence-electron chi connectivity index (χ0n) is 45.4. The smallest absolute Gasteiger partial charge is 0.418 e. The van der Waals surface area contributed by atoms with E-state index in [9.17, 15) is 18.4 Å². The molecule has 2 amide bonds. The molecule has 0 N–H and O–H groups in total. The lowest BCUT2D eigenvalue weighted by Gasteiger charge is -2.40. The van der Waals surface area contributed by atoms with Crippen molar-refractivity contribution in [2.24, 2.45) is 0 Å². The van der Waals surface area contributed by atoms with E-state index >= 15 is 9.59 Å². The van der Waals surface area contributed by atoms with E-state index in [1.54, 1.807) is 82.6 Å². The number of hydrogen-bond acceptors (Lipinski definition) is 14. The van der Waals surface area contributed by atoms with Crippen molar-refractivity contribution in [1.29, 1.82) is 0 Å². The van der Waals surface area contributed by atoms with E-state index in [4.69, 9.17) is 37.9 Å². The van der Waals surface area contributed by atoms with Crippen molar-refractivity contribution in [2.45, 2.75) is 141 Å². The van der Waals surface area contributed by atoms with Crippen LogP contribution >= 0.6 is 0 Å². The molecule has 0 saturated carbocycles. The fraction of sp³-hybridized carbons (Fsp3) is 0.533. The number of halogens is 2. The van der Waals surface area contributed by atoms with Gasteiger partial charge in [-0.3, -0.25) is 9.59 Å². The first-order valence-corrected chi connectivity index (χ1v) is 27.7. The maximum absolute atomic E-state index is 15.3. The number of nitrogens with zero attached hydrogens (tertiary/aromatic N) is 4. The van der Waals surface area contributed by atoms with Crippen LogP contribution in [0, 0.1) is 11.6 Å². The van der Waals surface area contributed by atoms with E-state index in [1.807, 2.05) is 27.7 Å². The molecule has 4 saturated heterocycles. The molecule has 4 fully saturated rings. The largest absolute Gasteiger partial charge is 0.491 e. The number of amides is 2. The van der Waals surface area contributed by atoms with Gasteiger partial charge in [-0.05, 0) is 126 Å². The van der Waals surface area contributed by atoms with Crippen LogP contribution in [0.4, 0.5) is 8.78 Å². The Kier molecular flexibility index (Phi) is 21.4. The predicted molar refractivity (Wildman–Crippen MR) is 285 cm³/mol. The summed E-state index contributed by atoms with van der Waals surface area (Å²) in [6.45, 7) is 14.4. The maximum Gasteiger partial charge on any atom is 0.418 e. The lowest BCUT2D eigenvalue weighted by molar-refractivity contribution is -0.183. The summed E-state index contributed by atoms with van der Waals surface area (Å²) in [6.07, 6.45) is 1.29. The minimum Gasteiger partial charge on any atom is -0.491 e. The van der Waals surface area contributed by atoms with Crippen LogP contribution in [-0.2, 0) is 60.7 Å². The van der Waals surface area contributed by atoms with Crippen molar-refractivity contribution in [2.75, 3.05) is 65.7 Å². The molecule has 0 radical (unpaired) electrons. The molecule has 0 aromatic heterocycles. The van der Waals surface area contributed by atoms with Gasteiger partial charge in [-0.1, -0.05) is 48.5 Å². The van der Waals surface area contributed by atoms with Crippen molar-refractivity contribution in [3.05, 3.63) is 131 Å². The van der Waals surface area contributed by atoms with Crippen molar-refractivity contribution >= 4 is 23.8 Å². The minimum atomic E-state index is -1.66. The molecule has 0 bridgehead atoms. The first kappa shape index (κ1) is 58.1. The third-order valence-corrected chi connectivity index (χ3v) is 14.4. The number of hydrogen-bond donors (Lipinski definition) is 0. The van der Waals surface area contributed by atoms with Gasteiger partial charge in [-0.15, -0.1) is 0 Å². The van der Waals surface area contributed by atoms with E-state index in [-0.39, 0.29) is 61.1 Å². The fourth-order valence-electron chi connectivity index (χ4n) is 10.4. The lowest BCUT2D eigenvalue weighted by atomic mass is 9.99. The van der Waals surface area contributed by atoms with Crippen molar-refractivity contribution in [3.63, 3.8) is 0 Å². The fourth-order valence-corrected chi connectivity index (χ4v) is 10.4. The molecule has 16 nitrogen and oxygen atoms in total. The molecule has 2 atom stereocenters. The average Bonchev–Trinajstić information content (AvgIpc) is 3.48. The van der Waals surface area contributed by atoms with Crippen LogP contribution in [0.25, 0.3) is 0 Å². The van der Waals surface area contributed by atoms with E-state index in [0.717, 1.165) is 25.9 Å². The molecule has 4 aromatic rings. The number of carbonyl (C=O) groups excluding carboxylic acids is 4. The van der Waals surface area contributed by atoms with E-state index in [1.165, 1.54) is 24.3 Å². The van der Waals surface area contributed by atoms with Crippen molar-refractivity contribution < 1.29 is 65.9 Å². The Bertz CT molecular complexity index is 2330. The first-order chi connectivity index (χ1) is 37.7. The summed E-state index contributed by atoms with van der Waals surface area (Å²) in [5, 5.41) is 0. The van der Waals surface area contributed by atoms with Gasteiger partial charge in [0.2, 0.25) is 12.2 Å². The second-order valence-electron chi connectivity index (χ2n) is 21.0. The highest BCUT2D eigenvalue weighted by atomic mass is 19.1. The average molecular weight is 1080 g/mol. The SMILES string of the molecule is CC(C)Oc1ccc(C(OC(=O)C(=O)OC(C(=O)N(Cc2ccc(F)cc2)C2CCN(CCC3OCCCO3)CC2)c2ccc(OC(C)C)cc2)C(=O)N(Cc2ccc(F)cc2)C2CCN(CCC3OCCCO3)CC2)cc1. The van der Waals surface area contributed by atoms with Gasteiger partial charge in [0.25, 0.3) is 11.8 Å². The Labute approximate surface area is 457 Å². The van der Waals surface area contributed by atoms with Gasteiger partial charge >= 0.3 is 11.9 Å². The van der Waals surface area contributed by atoms with Crippen LogP contribution in [-0.4, -0.2) is 146 Å². The monoisotopic (exact) mass is 1080 g/mol. The molecule has 8 rings (SSSR count). The predicted octanol–water partition coefficient (Wildman–Crippen LogP) is 8.70. The second kappa shape index (κ2) is 28.7. The second-order valence-corrected chi connectivity index (χ2v) is 21.0. The molecular formula is C60H76F2N4O12. The zero-order chi connectivity index (χ0) is 55.0. The van der Waals surface area contributed by atoms with Gasteiger partial charge in [0.15, 0.2) is 12.6 Å². The van der Waals surface area contributed by atoms with Gasteiger partial charge in [0.1, 0.15) is 23.1 Å². The van der Waals surface area contributed by atoms with Crippen molar-refractivity contribution in [1.82, 2.24) is 19.6 Å². The van der Waals surface area contributed by atoms with Crippen LogP contribution < -0.4 is 9.47 Å². The molecule has 0 aliphatic carbocycles. The van der Waals surface area contributed by atoms with Crippen LogP contribution in [0.2, 0.25) is 0 Å². The summed E-state index contributed by atoms with van der Waals surface area (Å²) in [5.41, 5.74) is 1.81. The Morgan fingerprint density at radius 3 is 1.17 bits per heavy atom. The van der Waals surface area contributed by atoms with E-state index < -0.39 is 47.6 Å². The summed E-state index contributed by atoms with van der Waals surface area (Å²) < 4.78 is 75.5. The summed E-state index contributed by atoms with van der Waals surface area (Å²) in [5.74, 6) is -4.06. The summed E-state index contributed by atoms with van der Waals surface area (Å²) in [7, 11) is 0. The highest BCUT2D eigenvalue weighted by Crippen LogP contribution is 2.32. The maximum atomic E-state index is 15.3. The van der Waals surface area contributed by atoms with Crippen LogP contribution in [0.1, 0.15) is 114 Å². The van der Waals surface area contributed by atoms with Crippen LogP contribution in [0.5, 0.6) is 11.5 Å². The topological polar surface area (TPSA) is 155 Å². The third-order valence-electron chi connectivity index (χ3n) is 14.4. The summed E-state index contributed by atoms with van der Waals surface area (Å²) in [4.78, 5) is 67.6. The molecule has 0 spiro atoms. The van der Waals surface area contributed by atoms with Crippen LogP contribution in [0.15, 0.2) is 97.1 Å². The quantitative estimate of drug-likeness (QED) is 0.0544. The summed E-state index contributed by atoms with van der Waals surface area (Å²) >= 11 is 0. The molecule has 4 aromatic carbocycles. The molecular weight excluding hydrogens is 1010 g/mol. The van der Waals surface area contributed by atoms with Crippen LogP contribution in [0.3, 0.4) is 0 Å². The van der Waals surface area contributed by atoms with E-state index in [0.29, 0.717) is 114 Å². The molecule has 78 heavy (non-hydrogen) atoms. The molecule has 4 aliphatic rings. The Morgan fingerprint density at radius 1 is 0.513 bits per heavy atom. The molecule has 2 unspecified atom stereocenters. The third kappa shape index (κ3) is 17.0. The highest BCUT2D eigenvalue weighted by Gasteiger charge is 2.40. The number of esters is 2. The lowest BCUT2D eigenvalue weighted by Crippen LogP contribution is -2.50. The molecule has 4 aliphatic heterocycles. The number of piperidine rings is 2. The molecule has 422 valence electrons. The zero-order valence-corrected chi connectivity index (χ0v) is 45.4. The summed E-state index contributed by atoms with van der Waals surface area (Å²) in [6, 6.07) is 24.1. The standard InChI is InChI=1S/C60H76F2N4O12/c1-41(2)75-51-19-11-45(12-20-51)55(57(67)65(39-43-7-15-47(61)16-8-43)49-23-29-63(30-24-49)33-27-53-71-35-5-36-72-53)77-59(69)60(70)78-56(46-13-21-52(22-14-46)76-42(3)4)58(68)66(40-44-9-17-48(62)18-10-44)50-25-31-64(32-26-50)34-28-54-73-37-6-38-74-54/h7-22,41-42,49-50,53-56H,5-6,23-40H2,1-4H3. The first-order valence-electron chi connectivity index (χ1n) is 27.7. The Hall–Kier alpha value is -6.02. The van der Waals surface area contributed by atoms with Gasteiger partial charge < -0.3 is 57.5 Å². The highest BCUT2D eigenvalue weighted by molar-refractivity contribution is 6.30. The normalized spacial score (nSPS) is 18.3. The van der Waals surface area contributed by atoms with Gasteiger partial charge in [0.05, 0.1) is 38.6 Å². The Morgan fingerprint density at radius 2 is 0.846 bits per heavy atom. The number of ether oxygens (including phenoxy) is 8. The van der Waals surface area contributed by atoms with E-state index in [2.05, 4.69) is 9.80 Å². The molecule has 4 heterocycles. The van der Waals surface area contributed by atoms with Gasteiger partial charge in [-0.25, -0.2) is 18.4 Å². The minimum absolute atomic E-state index is 0.0554.